The van der Waals surface area contributed by atoms with Crippen LogP contribution in [0, 0.1) is 5.92 Å². The number of epoxide rings is 1. The summed E-state index contributed by atoms with van der Waals surface area (Å²) < 4.78 is 5.35. The molecule has 0 radical (unpaired) electrons. The van der Waals surface area contributed by atoms with Crippen LogP contribution in [0.4, 0.5) is 0 Å². The second kappa shape index (κ2) is 2.70. The van der Waals surface area contributed by atoms with Gasteiger partial charge in [-0.25, -0.2) is 0 Å². The van der Waals surface area contributed by atoms with Crippen molar-refractivity contribution in [2.24, 2.45) is 5.92 Å². The normalized spacial score (nSPS) is 43.6. The Bertz CT molecular complexity index is 342. The first-order valence-electron chi connectivity index (χ1n) is 4.73. The van der Waals surface area contributed by atoms with Crippen molar-refractivity contribution in [2.75, 3.05) is 0 Å². The van der Waals surface area contributed by atoms with Gasteiger partial charge in [0.05, 0.1) is 12.4 Å². The molecule has 1 aliphatic carbocycles. The topological polar surface area (TPSA) is 49.8 Å². The van der Waals surface area contributed by atoms with E-state index in [1.807, 2.05) is 6.92 Å². The van der Waals surface area contributed by atoms with Gasteiger partial charge in [-0.2, -0.15) is 0 Å². The highest BCUT2D eigenvalue weighted by atomic mass is 16.6. The largest absolute Gasteiger partial charge is 0.515 e. The minimum Gasteiger partial charge on any atom is -0.515 e. The van der Waals surface area contributed by atoms with Crippen molar-refractivity contribution in [2.45, 2.75) is 32.0 Å². The van der Waals surface area contributed by atoms with E-state index in [-0.39, 0.29) is 17.8 Å². The molecule has 3 atom stereocenters. The highest BCUT2D eigenvalue weighted by Crippen LogP contribution is 2.50. The maximum Gasteiger partial charge on any atom is 0.196 e. The van der Waals surface area contributed by atoms with Gasteiger partial charge in [0.15, 0.2) is 11.4 Å². The fraction of sp³-hybridized carbons (Fsp3) is 0.545. The minimum atomic E-state index is -0.666. The first-order valence-corrected chi connectivity index (χ1v) is 4.73. The van der Waals surface area contributed by atoms with Gasteiger partial charge in [-0.3, -0.25) is 4.79 Å². The Morgan fingerprint density at radius 2 is 2.43 bits per heavy atom. The SMILES string of the molecule is C=C(C)[C@@H]1C[C@H]2O[C@@]2(C)C(=O)/C1=C/O. The first kappa shape index (κ1) is 9.46. The van der Waals surface area contributed by atoms with E-state index < -0.39 is 5.60 Å². The number of ether oxygens (including phenoxy) is 1. The van der Waals surface area contributed by atoms with Gasteiger partial charge in [0.1, 0.15) is 0 Å². The van der Waals surface area contributed by atoms with Crippen molar-refractivity contribution in [1.29, 1.82) is 0 Å². The third-order valence-electron chi connectivity index (χ3n) is 3.22. The molecule has 2 fully saturated rings. The number of rotatable bonds is 1. The van der Waals surface area contributed by atoms with Crippen LogP contribution in [-0.2, 0) is 9.53 Å². The van der Waals surface area contributed by atoms with Crippen molar-refractivity contribution in [1.82, 2.24) is 0 Å². The Morgan fingerprint density at radius 1 is 1.79 bits per heavy atom. The quantitative estimate of drug-likeness (QED) is 0.299. The summed E-state index contributed by atoms with van der Waals surface area (Å²) in [6.07, 6.45) is 1.68. The van der Waals surface area contributed by atoms with Crippen LogP contribution >= 0.6 is 0 Å². The van der Waals surface area contributed by atoms with Crippen LogP contribution in [0.2, 0.25) is 0 Å². The molecule has 76 valence electrons. The number of hydrogen-bond donors (Lipinski definition) is 1. The highest BCUT2D eigenvalue weighted by Gasteiger charge is 2.63. The Labute approximate surface area is 83.1 Å². The summed E-state index contributed by atoms with van der Waals surface area (Å²) in [6.45, 7) is 7.47. The lowest BCUT2D eigenvalue weighted by Crippen LogP contribution is -2.34. The van der Waals surface area contributed by atoms with Crippen LogP contribution in [0.1, 0.15) is 20.3 Å². The van der Waals surface area contributed by atoms with Gasteiger partial charge in [0, 0.05) is 11.5 Å². The van der Waals surface area contributed by atoms with E-state index in [2.05, 4.69) is 6.58 Å². The van der Waals surface area contributed by atoms with Crippen LogP contribution in [0.15, 0.2) is 24.0 Å². The van der Waals surface area contributed by atoms with Crippen molar-refractivity contribution >= 4 is 5.78 Å². The molecular formula is C11H14O3. The molecule has 0 bridgehead atoms. The Morgan fingerprint density at radius 3 is 2.93 bits per heavy atom. The smallest absolute Gasteiger partial charge is 0.196 e. The molecule has 1 heterocycles. The molecule has 2 rings (SSSR count). The maximum atomic E-state index is 11.8. The zero-order valence-electron chi connectivity index (χ0n) is 8.41. The third kappa shape index (κ3) is 1.05. The molecule has 3 heteroatoms. The summed E-state index contributed by atoms with van der Waals surface area (Å²) in [5.74, 6) is -0.141. The van der Waals surface area contributed by atoms with Crippen LogP contribution < -0.4 is 0 Å². The monoisotopic (exact) mass is 194 g/mol. The predicted molar refractivity (Wildman–Crippen MR) is 51.9 cm³/mol. The highest BCUT2D eigenvalue weighted by molar-refractivity contribution is 6.05. The lowest BCUT2D eigenvalue weighted by molar-refractivity contribution is -0.120. The molecule has 2 aliphatic rings. The fourth-order valence-electron chi connectivity index (χ4n) is 2.14. The van der Waals surface area contributed by atoms with Crippen LogP contribution in [0.25, 0.3) is 0 Å². The number of fused-ring (bicyclic) bond motifs is 1. The molecule has 1 saturated carbocycles. The number of Topliss-reactive ketones (excluding diaryl/α,β-unsaturated/α-hetero) is 1. The number of allylic oxidation sites excluding steroid dienone is 1. The summed E-state index contributed by atoms with van der Waals surface area (Å²) in [7, 11) is 0. The fourth-order valence-corrected chi connectivity index (χ4v) is 2.14. The van der Waals surface area contributed by atoms with Gasteiger partial charge < -0.3 is 9.84 Å². The Hall–Kier alpha value is -1.09. The van der Waals surface area contributed by atoms with Crippen LogP contribution in [0.5, 0.6) is 0 Å². The van der Waals surface area contributed by atoms with E-state index in [9.17, 15) is 4.79 Å². The zero-order valence-corrected chi connectivity index (χ0v) is 8.41. The lowest BCUT2D eigenvalue weighted by atomic mass is 9.76. The second-order valence-electron chi connectivity index (χ2n) is 4.26. The molecule has 1 N–H and O–H groups in total. The van der Waals surface area contributed by atoms with Crippen molar-refractivity contribution in [3.05, 3.63) is 24.0 Å². The van der Waals surface area contributed by atoms with Crippen LogP contribution in [-0.4, -0.2) is 22.6 Å². The molecule has 1 aliphatic heterocycles. The molecule has 0 aromatic rings. The number of carbonyl (C=O) groups excluding carboxylic acids is 1. The average Bonchev–Trinajstić information content (AvgIpc) is 2.78. The molecule has 1 saturated heterocycles. The summed E-state index contributed by atoms with van der Waals surface area (Å²) in [5.41, 5.74) is 0.672. The lowest BCUT2D eigenvalue weighted by Gasteiger charge is -2.24. The van der Waals surface area contributed by atoms with Crippen molar-refractivity contribution in [3.8, 4) is 0 Å². The van der Waals surface area contributed by atoms with E-state index in [0.29, 0.717) is 5.57 Å². The van der Waals surface area contributed by atoms with Crippen molar-refractivity contribution in [3.63, 3.8) is 0 Å². The molecular weight excluding hydrogens is 180 g/mol. The summed E-state index contributed by atoms with van der Waals surface area (Å²) in [4.78, 5) is 11.8. The molecule has 0 aromatic carbocycles. The van der Waals surface area contributed by atoms with Crippen molar-refractivity contribution < 1.29 is 14.6 Å². The number of hydrogen-bond acceptors (Lipinski definition) is 3. The number of carbonyl (C=O) groups is 1. The van der Waals surface area contributed by atoms with E-state index in [1.165, 1.54) is 0 Å². The standard InChI is InChI=1S/C11H14O3/c1-6(2)7-4-9-11(3,14-9)10(13)8(7)5-12/h5,7,9,12H,1,4H2,2-3H3/b8-5+/t7-,9+,11+/m0/s1. The molecule has 14 heavy (non-hydrogen) atoms. The van der Waals surface area contributed by atoms with Gasteiger partial charge in [0.2, 0.25) is 0 Å². The maximum absolute atomic E-state index is 11.8. The van der Waals surface area contributed by atoms with E-state index in [4.69, 9.17) is 9.84 Å². The van der Waals surface area contributed by atoms with E-state index in [1.54, 1.807) is 6.92 Å². The first-order chi connectivity index (χ1) is 6.50. The Kier molecular flexibility index (Phi) is 1.83. The van der Waals surface area contributed by atoms with Gasteiger partial charge in [-0.1, -0.05) is 12.2 Å². The molecule has 3 nitrogen and oxygen atoms in total. The van der Waals surface area contributed by atoms with Crippen LogP contribution in [0.3, 0.4) is 0 Å². The molecule has 0 spiro atoms. The Balaban J connectivity index is 2.33. The van der Waals surface area contributed by atoms with E-state index >= 15 is 0 Å². The zero-order chi connectivity index (χ0) is 10.5. The van der Waals surface area contributed by atoms with Gasteiger partial charge in [-0.05, 0) is 20.3 Å². The van der Waals surface area contributed by atoms with Gasteiger partial charge >= 0.3 is 0 Å². The number of aliphatic hydroxyl groups is 1. The molecule has 0 aromatic heterocycles. The summed E-state index contributed by atoms with van der Waals surface area (Å²) >= 11 is 0. The van der Waals surface area contributed by atoms with E-state index in [0.717, 1.165) is 18.3 Å². The number of aliphatic hydroxyl groups excluding tert-OH is 1. The minimum absolute atomic E-state index is 0.0143. The van der Waals surface area contributed by atoms with Gasteiger partial charge in [0.25, 0.3) is 0 Å². The third-order valence-corrected chi connectivity index (χ3v) is 3.22. The average molecular weight is 194 g/mol. The summed E-state index contributed by atoms with van der Waals surface area (Å²) in [6, 6.07) is 0. The van der Waals surface area contributed by atoms with Gasteiger partial charge in [-0.15, -0.1) is 0 Å². The number of ketones is 1. The molecule has 0 unspecified atom stereocenters. The summed E-state index contributed by atoms with van der Waals surface area (Å²) in [5, 5.41) is 9.05. The second-order valence-corrected chi connectivity index (χ2v) is 4.26. The predicted octanol–water partition coefficient (Wildman–Crippen LogP) is 1.75. The molecule has 0 amide bonds.